The molecule has 218 valence electrons. The number of amides is 4. The molecular formula is C28H28N6O6S2. The van der Waals surface area contributed by atoms with Crippen molar-refractivity contribution < 1.29 is 28.7 Å². The molecule has 42 heavy (non-hydrogen) atoms. The van der Waals surface area contributed by atoms with E-state index in [1.807, 2.05) is 0 Å². The molecule has 0 aliphatic carbocycles. The Morgan fingerprint density at radius 1 is 0.524 bits per heavy atom. The van der Waals surface area contributed by atoms with E-state index in [1.165, 1.54) is 13.8 Å². The van der Waals surface area contributed by atoms with Crippen LogP contribution in [0.15, 0.2) is 72.8 Å². The number of carbonyl (C=O) groups is 4. The Labute approximate surface area is 252 Å². The normalized spacial score (nSPS) is 9.95. The molecule has 0 fully saturated rings. The Kier molecular flexibility index (Phi) is 11.7. The number of ether oxygens (including phenoxy) is 2. The lowest BCUT2D eigenvalue weighted by Gasteiger charge is -2.12. The number of anilines is 4. The van der Waals surface area contributed by atoms with E-state index >= 15 is 0 Å². The molecule has 0 aliphatic rings. The van der Waals surface area contributed by atoms with Gasteiger partial charge in [-0.1, -0.05) is 0 Å². The molecule has 0 spiro atoms. The number of nitrogens with one attached hydrogen (secondary N) is 6. The first-order valence-corrected chi connectivity index (χ1v) is 13.2. The minimum absolute atomic E-state index is 0.0902. The quantitative estimate of drug-likeness (QED) is 0.189. The van der Waals surface area contributed by atoms with Gasteiger partial charge < -0.3 is 30.7 Å². The molecule has 0 aromatic heterocycles. The molecule has 12 nitrogen and oxygen atoms in total. The van der Waals surface area contributed by atoms with E-state index in [-0.39, 0.29) is 35.3 Å². The van der Waals surface area contributed by atoms with E-state index in [1.54, 1.807) is 72.8 Å². The molecule has 0 saturated heterocycles. The molecule has 0 aliphatic heterocycles. The van der Waals surface area contributed by atoms with Gasteiger partial charge in [0.15, 0.2) is 23.4 Å². The Morgan fingerprint density at radius 2 is 0.810 bits per heavy atom. The minimum atomic E-state index is -0.465. The number of hydrogen-bond donors (Lipinski definition) is 6. The van der Waals surface area contributed by atoms with Crippen LogP contribution in [0.4, 0.5) is 22.7 Å². The lowest BCUT2D eigenvalue weighted by molar-refractivity contribution is -0.122. The van der Waals surface area contributed by atoms with E-state index in [4.69, 9.17) is 33.9 Å². The van der Waals surface area contributed by atoms with Crippen LogP contribution in [-0.4, -0.2) is 47.1 Å². The summed E-state index contributed by atoms with van der Waals surface area (Å²) in [5.74, 6) is -0.472. The summed E-state index contributed by atoms with van der Waals surface area (Å²) in [6.45, 7) is 2.26. The number of hydrogen-bond acceptors (Lipinski definition) is 8. The van der Waals surface area contributed by atoms with Gasteiger partial charge in [-0.25, -0.2) is 0 Å². The molecular weight excluding hydrogens is 580 g/mol. The topological polar surface area (TPSA) is 159 Å². The van der Waals surface area contributed by atoms with Crippen molar-refractivity contribution in [1.29, 1.82) is 0 Å². The van der Waals surface area contributed by atoms with Crippen LogP contribution in [0.2, 0.25) is 0 Å². The molecule has 0 unspecified atom stereocenters. The zero-order valence-corrected chi connectivity index (χ0v) is 24.2. The van der Waals surface area contributed by atoms with E-state index in [0.717, 1.165) is 0 Å². The summed E-state index contributed by atoms with van der Waals surface area (Å²) in [7, 11) is 0. The van der Waals surface area contributed by atoms with Crippen molar-refractivity contribution in [3.05, 3.63) is 72.8 Å². The van der Waals surface area contributed by atoms with Gasteiger partial charge in [0.25, 0.3) is 11.8 Å². The van der Waals surface area contributed by atoms with Crippen molar-refractivity contribution in [3.8, 4) is 11.5 Å². The molecule has 3 aromatic carbocycles. The van der Waals surface area contributed by atoms with Crippen molar-refractivity contribution in [3.63, 3.8) is 0 Å². The average Bonchev–Trinajstić information content (AvgIpc) is 2.93. The number of benzene rings is 3. The smallest absolute Gasteiger partial charge is 0.264 e. The molecule has 3 rings (SSSR count). The number of carbonyl (C=O) groups excluding carboxylic acids is 4. The summed E-state index contributed by atoms with van der Waals surface area (Å²) in [5.41, 5.74) is 2.54. The van der Waals surface area contributed by atoms with E-state index < -0.39 is 11.8 Å². The number of rotatable bonds is 10. The van der Waals surface area contributed by atoms with Crippen molar-refractivity contribution in [2.24, 2.45) is 0 Å². The van der Waals surface area contributed by atoms with Crippen LogP contribution in [0.25, 0.3) is 0 Å². The summed E-state index contributed by atoms with van der Waals surface area (Å²) in [5, 5.41) is 16.3. The van der Waals surface area contributed by atoms with Gasteiger partial charge in [0.2, 0.25) is 11.8 Å². The van der Waals surface area contributed by atoms with Gasteiger partial charge in [-0.05, 0) is 97.2 Å². The van der Waals surface area contributed by atoms with E-state index in [9.17, 15) is 19.2 Å². The van der Waals surface area contributed by atoms with Gasteiger partial charge in [-0.2, -0.15) is 0 Å². The summed E-state index contributed by atoms with van der Waals surface area (Å²) < 4.78 is 10.9. The lowest BCUT2D eigenvalue weighted by atomic mass is 10.3. The first kappa shape index (κ1) is 31.4. The van der Waals surface area contributed by atoms with Crippen LogP contribution < -0.4 is 41.4 Å². The molecule has 4 amide bonds. The lowest BCUT2D eigenvalue weighted by Crippen LogP contribution is -2.37. The highest BCUT2D eigenvalue weighted by molar-refractivity contribution is 7.80. The third kappa shape index (κ3) is 11.6. The molecule has 6 N–H and O–H groups in total. The molecule has 0 bridgehead atoms. The van der Waals surface area contributed by atoms with Gasteiger partial charge in [0.05, 0.1) is 0 Å². The van der Waals surface area contributed by atoms with Crippen molar-refractivity contribution in [2.45, 2.75) is 13.8 Å². The third-order valence-electron chi connectivity index (χ3n) is 5.00. The van der Waals surface area contributed by atoms with Crippen LogP contribution in [-0.2, 0) is 19.2 Å². The van der Waals surface area contributed by atoms with Crippen LogP contribution in [0, 0.1) is 0 Å². The zero-order chi connectivity index (χ0) is 30.5. The fourth-order valence-corrected chi connectivity index (χ4v) is 3.72. The maximum Gasteiger partial charge on any atom is 0.264 e. The van der Waals surface area contributed by atoms with Crippen LogP contribution in [0.3, 0.4) is 0 Å². The second-order valence-corrected chi connectivity index (χ2v) is 9.39. The van der Waals surface area contributed by atoms with Gasteiger partial charge in [-0.15, -0.1) is 0 Å². The highest BCUT2D eigenvalue weighted by atomic mass is 32.1. The van der Waals surface area contributed by atoms with Gasteiger partial charge in [0, 0.05) is 36.6 Å². The van der Waals surface area contributed by atoms with Crippen molar-refractivity contribution >= 4 is 81.0 Å². The summed E-state index contributed by atoms with van der Waals surface area (Å²) in [6.07, 6.45) is 0. The monoisotopic (exact) mass is 608 g/mol. The Hall–Kier alpha value is -5.08. The fourth-order valence-electron chi connectivity index (χ4n) is 3.26. The molecule has 0 radical (unpaired) electrons. The zero-order valence-electron chi connectivity index (χ0n) is 22.6. The molecule has 0 saturated carbocycles. The summed E-state index contributed by atoms with van der Waals surface area (Å²) in [4.78, 5) is 46.6. The van der Waals surface area contributed by atoms with E-state index in [0.29, 0.717) is 34.2 Å². The van der Waals surface area contributed by atoms with Gasteiger partial charge >= 0.3 is 0 Å². The predicted octanol–water partition coefficient (Wildman–Crippen LogP) is 3.39. The molecule has 0 heterocycles. The fraction of sp³-hybridized carbons (Fsp3) is 0.143. The Bertz CT molecular complexity index is 1340. The van der Waals surface area contributed by atoms with Crippen molar-refractivity contribution in [1.82, 2.24) is 10.6 Å². The highest BCUT2D eigenvalue weighted by Crippen LogP contribution is 2.18. The number of thiocarbonyl (C=S) groups is 2. The van der Waals surface area contributed by atoms with Gasteiger partial charge in [-0.3, -0.25) is 29.8 Å². The second-order valence-electron chi connectivity index (χ2n) is 8.57. The maximum atomic E-state index is 12.2. The molecule has 0 atom stereocenters. The predicted molar refractivity (Wildman–Crippen MR) is 168 cm³/mol. The highest BCUT2D eigenvalue weighted by Gasteiger charge is 2.09. The third-order valence-corrected chi connectivity index (χ3v) is 5.40. The van der Waals surface area contributed by atoms with Crippen LogP contribution in [0.1, 0.15) is 13.8 Å². The maximum absolute atomic E-state index is 12.2. The average molecular weight is 609 g/mol. The minimum Gasteiger partial charge on any atom is -0.484 e. The van der Waals surface area contributed by atoms with Crippen molar-refractivity contribution in [2.75, 3.05) is 34.5 Å². The Balaban J connectivity index is 1.34. The standard InChI is InChI=1S/C28H28N6O6S2/c1-17(35)29-19-3-7-21(8-4-19)31-27(41)33-25(37)15-39-23-11-13-24(14-12-23)40-16-26(38)34-28(42)32-22-9-5-20(6-10-22)30-18(2)36/h3-14H,15-16H2,1-2H3,(H,29,35)(H,30,36)(H2,31,33,37,41)(H2,32,34,38,42). The molecule has 3 aromatic rings. The SMILES string of the molecule is CC(=O)Nc1ccc(NC(=S)NC(=O)COc2ccc(OCC(=O)NC(=S)Nc3ccc(NC(C)=O)cc3)cc2)cc1. The summed E-state index contributed by atoms with van der Waals surface area (Å²) in [6, 6.07) is 20.0. The van der Waals surface area contributed by atoms with Crippen LogP contribution >= 0.6 is 24.4 Å². The largest absolute Gasteiger partial charge is 0.484 e. The molecule has 14 heteroatoms. The first-order valence-electron chi connectivity index (χ1n) is 12.4. The van der Waals surface area contributed by atoms with E-state index in [2.05, 4.69) is 31.9 Å². The first-order chi connectivity index (χ1) is 20.0. The van der Waals surface area contributed by atoms with Gasteiger partial charge in [0.1, 0.15) is 11.5 Å². The second kappa shape index (κ2) is 15.6. The Morgan fingerprint density at radius 3 is 1.10 bits per heavy atom. The summed E-state index contributed by atoms with van der Waals surface area (Å²) >= 11 is 10.3. The van der Waals surface area contributed by atoms with Crippen LogP contribution in [0.5, 0.6) is 11.5 Å².